The highest BCUT2D eigenvalue weighted by molar-refractivity contribution is 5.97. The zero-order valence-electron chi connectivity index (χ0n) is 20.3. The van der Waals surface area contributed by atoms with Crippen molar-refractivity contribution < 1.29 is 24.7 Å². The molecule has 3 amide bonds. The van der Waals surface area contributed by atoms with E-state index in [1.54, 1.807) is 24.3 Å². The molecule has 0 saturated carbocycles. The highest BCUT2D eigenvalue weighted by atomic mass is 16.5. The van der Waals surface area contributed by atoms with Crippen molar-refractivity contribution in [2.75, 3.05) is 25.0 Å². The fourth-order valence-corrected chi connectivity index (χ4v) is 3.88. The van der Waals surface area contributed by atoms with E-state index in [2.05, 4.69) is 27.4 Å². The summed E-state index contributed by atoms with van der Waals surface area (Å²) < 4.78 is 0. The second-order valence-electron chi connectivity index (χ2n) is 8.81. The summed E-state index contributed by atoms with van der Waals surface area (Å²) in [6, 6.07) is 12.5. The minimum Gasteiger partial charge on any atom is -0.391 e. The molecule has 0 bridgehead atoms. The lowest BCUT2D eigenvalue weighted by molar-refractivity contribution is -0.133. The fourth-order valence-electron chi connectivity index (χ4n) is 3.88. The summed E-state index contributed by atoms with van der Waals surface area (Å²) >= 11 is 0. The Hall–Kier alpha value is -3.71. The summed E-state index contributed by atoms with van der Waals surface area (Å²) in [5.74, 6) is 4.57. The van der Waals surface area contributed by atoms with Gasteiger partial charge in [0.05, 0.1) is 12.6 Å². The summed E-state index contributed by atoms with van der Waals surface area (Å²) in [5, 5.41) is 23.7. The number of carbonyl (C=O) groups is 3. The number of rotatable bonds is 7. The number of hydrogen-bond acceptors (Lipinski definition) is 6. The van der Waals surface area contributed by atoms with Crippen LogP contribution in [-0.2, 0) is 9.59 Å². The average molecular weight is 509 g/mol. The predicted molar refractivity (Wildman–Crippen MR) is 142 cm³/mol. The number of anilines is 1. The van der Waals surface area contributed by atoms with Crippen molar-refractivity contribution in [2.45, 2.75) is 52.2 Å². The van der Waals surface area contributed by atoms with Gasteiger partial charge in [-0.3, -0.25) is 24.5 Å². The summed E-state index contributed by atoms with van der Waals surface area (Å²) in [6.07, 6.45) is 3.56. The molecule has 1 aliphatic heterocycles. The molecule has 1 fully saturated rings. The number of nitrogens with zero attached hydrogens (tertiary/aromatic N) is 1. The summed E-state index contributed by atoms with van der Waals surface area (Å²) in [4.78, 5) is 38.5. The second-order valence-corrected chi connectivity index (χ2v) is 8.81. The van der Waals surface area contributed by atoms with Gasteiger partial charge in [-0.1, -0.05) is 32.1 Å². The maximum atomic E-state index is 12.4. The van der Waals surface area contributed by atoms with Crippen LogP contribution in [0.5, 0.6) is 0 Å². The molecule has 0 aliphatic carbocycles. The van der Waals surface area contributed by atoms with Gasteiger partial charge in [0.2, 0.25) is 5.91 Å². The third-order valence-corrected chi connectivity index (χ3v) is 5.89. The van der Waals surface area contributed by atoms with Crippen molar-refractivity contribution in [3.8, 4) is 11.8 Å². The van der Waals surface area contributed by atoms with Gasteiger partial charge in [-0.15, -0.1) is 0 Å². The first-order valence-corrected chi connectivity index (χ1v) is 12.0. The number of hydrogen-bond donors (Lipinski definition) is 5. The monoisotopic (exact) mass is 508 g/mol. The molecule has 9 heteroatoms. The maximum absolute atomic E-state index is 12.4. The van der Waals surface area contributed by atoms with Crippen molar-refractivity contribution in [1.29, 1.82) is 0 Å². The van der Waals surface area contributed by atoms with Gasteiger partial charge in [-0.2, -0.15) is 0 Å². The van der Waals surface area contributed by atoms with E-state index in [1.807, 2.05) is 24.3 Å². The quantitative estimate of drug-likeness (QED) is 0.222. The topological polar surface area (TPSA) is 131 Å². The van der Waals surface area contributed by atoms with E-state index < -0.39 is 24.0 Å². The smallest absolute Gasteiger partial charge is 0.268 e. The zero-order valence-corrected chi connectivity index (χ0v) is 20.3. The van der Waals surface area contributed by atoms with E-state index >= 15 is 0 Å². The highest BCUT2D eigenvalue weighted by Gasteiger charge is 2.25. The third-order valence-electron chi connectivity index (χ3n) is 5.89. The Labute approximate surface area is 218 Å². The minimum atomic E-state index is -1.29. The van der Waals surface area contributed by atoms with Gasteiger partial charge in [0, 0.05) is 22.4 Å². The molecule has 2 aromatic carbocycles. The molecule has 1 saturated heterocycles. The van der Waals surface area contributed by atoms with Gasteiger partial charge in [0.15, 0.2) is 0 Å². The minimum absolute atomic E-state index is 0. The van der Waals surface area contributed by atoms with Gasteiger partial charge in [0.1, 0.15) is 6.04 Å². The highest BCUT2D eigenvalue weighted by Crippen LogP contribution is 2.12. The predicted octanol–water partition coefficient (Wildman–Crippen LogP) is 2.52. The third kappa shape index (κ3) is 9.35. The molecule has 0 spiro atoms. The normalized spacial score (nSPS) is 15.0. The number of benzene rings is 2. The van der Waals surface area contributed by atoms with Crippen LogP contribution in [0.1, 0.15) is 61.5 Å². The lowest BCUT2D eigenvalue weighted by Crippen LogP contribution is -2.51. The number of nitrogens with one attached hydrogen (secondary N) is 3. The van der Waals surface area contributed by atoms with Crippen molar-refractivity contribution in [2.24, 2.45) is 0 Å². The van der Waals surface area contributed by atoms with Crippen molar-refractivity contribution >= 4 is 23.4 Å². The van der Waals surface area contributed by atoms with Gasteiger partial charge in [-0.25, -0.2) is 5.48 Å². The van der Waals surface area contributed by atoms with Crippen LogP contribution in [0.25, 0.3) is 0 Å². The van der Waals surface area contributed by atoms with E-state index in [0.29, 0.717) is 12.1 Å². The molecule has 37 heavy (non-hydrogen) atoms. The Morgan fingerprint density at radius 2 is 1.46 bits per heavy atom. The molecule has 9 nitrogen and oxygen atoms in total. The number of aliphatic hydroxyl groups is 1. The van der Waals surface area contributed by atoms with E-state index in [1.165, 1.54) is 25.2 Å². The summed E-state index contributed by atoms with van der Waals surface area (Å²) in [6.45, 7) is 3.67. The Morgan fingerprint density at radius 3 is 1.97 bits per heavy atom. The Kier molecular flexibility index (Phi) is 11.8. The molecule has 0 aromatic heterocycles. The van der Waals surface area contributed by atoms with Crippen LogP contribution in [-0.4, -0.2) is 64.7 Å². The van der Waals surface area contributed by atoms with Gasteiger partial charge < -0.3 is 15.7 Å². The first-order chi connectivity index (χ1) is 17.4. The Morgan fingerprint density at radius 1 is 0.919 bits per heavy atom. The first-order valence-electron chi connectivity index (χ1n) is 12.0. The lowest BCUT2D eigenvalue weighted by Gasteiger charge is -2.19. The fraction of sp³-hybridized carbons (Fsp3) is 0.393. The standard InChI is InChI=1S/C27H32N4O5.CH4/c1-19(32)25(27(35)30-36)29-26(34)22-12-8-20(9-13-22)6-7-21-10-14-23(15-11-21)28-24(33)18-31-16-4-2-3-5-17-31;/h8-15,19,25,32,36H,2-5,16-18H2,1H3,(H,28,33)(H,29,34)(H,30,35);1H4/t19-,25+;/m1./s1. The SMILES string of the molecule is C.C[C@@H](O)[C@H](NC(=O)c1ccc(C#Cc2ccc(NC(=O)CN3CCCCCC3)cc2)cc1)C(=O)NO. The van der Waals surface area contributed by atoms with E-state index in [0.717, 1.165) is 37.2 Å². The van der Waals surface area contributed by atoms with Crippen molar-refractivity contribution in [3.63, 3.8) is 0 Å². The van der Waals surface area contributed by atoms with Crippen LogP contribution in [0.4, 0.5) is 5.69 Å². The molecular formula is C28H36N4O5. The van der Waals surface area contributed by atoms with Crippen LogP contribution >= 0.6 is 0 Å². The van der Waals surface area contributed by atoms with Crippen LogP contribution in [0.15, 0.2) is 48.5 Å². The molecule has 0 unspecified atom stereocenters. The van der Waals surface area contributed by atoms with Crippen molar-refractivity contribution in [1.82, 2.24) is 15.7 Å². The molecular weight excluding hydrogens is 472 g/mol. The van der Waals surface area contributed by atoms with Crippen LogP contribution in [0.2, 0.25) is 0 Å². The molecule has 0 radical (unpaired) electrons. The largest absolute Gasteiger partial charge is 0.391 e. The first kappa shape index (κ1) is 29.5. The zero-order chi connectivity index (χ0) is 25.9. The van der Waals surface area contributed by atoms with E-state index in [-0.39, 0.29) is 18.9 Å². The second kappa shape index (κ2) is 14.8. The van der Waals surface area contributed by atoms with Gasteiger partial charge in [0.25, 0.3) is 11.8 Å². The number of carbonyl (C=O) groups excluding carboxylic acids is 3. The van der Waals surface area contributed by atoms with E-state index in [4.69, 9.17) is 5.21 Å². The number of likely N-dealkylation sites (tertiary alicyclic amines) is 1. The molecule has 2 atom stereocenters. The molecule has 2 aromatic rings. The van der Waals surface area contributed by atoms with Crippen LogP contribution in [0, 0.1) is 11.8 Å². The van der Waals surface area contributed by atoms with Crippen molar-refractivity contribution in [3.05, 3.63) is 65.2 Å². The van der Waals surface area contributed by atoms with E-state index in [9.17, 15) is 19.5 Å². The number of aliphatic hydroxyl groups excluding tert-OH is 1. The molecule has 1 aliphatic rings. The molecule has 3 rings (SSSR count). The maximum Gasteiger partial charge on any atom is 0.268 e. The summed E-state index contributed by atoms with van der Waals surface area (Å²) in [5.41, 5.74) is 3.88. The van der Waals surface area contributed by atoms with Crippen LogP contribution in [0.3, 0.4) is 0 Å². The number of hydroxylamine groups is 1. The van der Waals surface area contributed by atoms with Crippen LogP contribution < -0.4 is 16.1 Å². The Bertz CT molecular complexity index is 1100. The number of amides is 3. The average Bonchev–Trinajstić information content (AvgIpc) is 3.15. The Balaban J connectivity index is 0.00000481. The van der Waals surface area contributed by atoms with Gasteiger partial charge >= 0.3 is 0 Å². The summed E-state index contributed by atoms with van der Waals surface area (Å²) in [7, 11) is 0. The lowest BCUT2D eigenvalue weighted by atomic mass is 10.1. The molecule has 1 heterocycles. The molecule has 5 N–H and O–H groups in total. The van der Waals surface area contributed by atoms with Gasteiger partial charge in [-0.05, 0) is 81.4 Å². The molecule has 198 valence electrons.